The third kappa shape index (κ3) is 3.01. The number of Topliss-reactive ketones (excluding diaryl/α,β-unsaturated/α-hetero) is 1. The summed E-state index contributed by atoms with van der Waals surface area (Å²) < 4.78 is 57.1. The Morgan fingerprint density at radius 2 is 2.00 bits per heavy atom. The molecular weight excluding hydrogens is 352 g/mol. The molecule has 1 N–H and O–H groups in total. The van der Waals surface area contributed by atoms with Crippen LogP contribution in [-0.2, 0) is 14.8 Å². The fraction of sp³-hybridized carbons (Fsp3) is 0.588. The van der Waals surface area contributed by atoms with Crippen LogP contribution in [0.1, 0.15) is 33.1 Å². The molecule has 1 aromatic carbocycles. The molecule has 0 amide bonds. The van der Waals surface area contributed by atoms with Crippen LogP contribution in [0.4, 0.5) is 14.5 Å². The van der Waals surface area contributed by atoms with Crippen molar-refractivity contribution in [1.29, 1.82) is 0 Å². The fourth-order valence-electron chi connectivity index (χ4n) is 4.39. The number of ether oxygens (including phenoxy) is 1. The topological polar surface area (TPSA) is 72.5 Å². The number of alkyl halides is 2. The van der Waals surface area contributed by atoms with Gasteiger partial charge in [-0.25, -0.2) is 8.42 Å². The highest BCUT2D eigenvalue weighted by Crippen LogP contribution is 2.64. The molecule has 3 rings (SSSR count). The van der Waals surface area contributed by atoms with Gasteiger partial charge in [0.05, 0.1) is 16.9 Å². The Labute approximate surface area is 145 Å². The number of halogens is 2. The zero-order valence-electron chi connectivity index (χ0n) is 14.1. The van der Waals surface area contributed by atoms with Crippen LogP contribution in [0.15, 0.2) is 24.3 Å². The first-order valence-corrected chi connectivity index (χ1v) is 9.80. The number of carbonyl (C=O) groups is 1. The van der Waals surface area contributed by atoms with Gasteiger partial charge in [0.15, 0.2) is 0 Å². The summed E-state index contributed by atoms with van der Waals surface area (Å²) in [7, 11) is -3.92. The van der Waals surface area contributed by atoms with E-state index >= 15 is 0 Å². The minimum atomic E-state index is -3.92. The molecule has 2 aliphatic carbocycles. The third-order valence-corrected chi connectivity index (χ3v) is 7.35. The van der Waals surface area contributed by atoms with Gasteiger partial charge in [-0.2, -0.15) is 8.78 Å². The predicted octanol–water partition coefficient (Wildman–Crippen LogP) is 3.43. The van der Waals surface area contributed by atoms with Gasteiger partial charge in [-0.05, 0) is 36.3 Å². The number of para-hydroxylation sites is 2. The lowest BCUT2D eigenvalue weighted by Gasteiger charge is -2.36. The van der Waals surface area contributed by atoms with Crippen LogP contribution in [0.2, 0.25) is 0 Å². The normalized spacial score (nSPS) is 27.7. The van der Waals surface area contributed by atoms with Crippen molar-refractivity contribution in [3.63, 3.8) is 0 Å². The van der Waals surface area contributed by atoms with Crippen molar-refractivity contribution in [3.8, 4) is 5.75 Å². The number of fused-ring (bicyclic) bond motifs is 2. The highest BCUT2D eigenvalue weighted by Gasteiger charge is 2.65. The van der Waals surface area contributed by atoms with E-state index < -0.39 is 27.5 Å². The Bertz CT molecular complexity index is 794. The Morgan fingerprint density at radius 1 is 1.32 bits per heavy atom. The Hall–Kier alpha value is -1.70. The Kier molecular flexibility index (Phi) is 4.29. The number of rotatable bonds is 6. The average Bonchev–Trinajstić information content (AvgIpc) is 2.82. The minimum absolute atomic E-state index is 0.0174. The fourth-order valence-corrected chi connectivity index (χ4v) is 6.29. The highest BCUT2D eigenvalue weighted by atomic mass is 32.2. The minimum Gasteiger partial charge on any atom is -0.433 e. The lowest BCUT2D eigenvalue weighted by atomic mass is 9.70. The first-order chi connectivity index (χ1) is 11.6. The quantitative estimate of drug-likeness (QED) is 0.829. The predicted molar refractivity (Wildman–Crippen MR) is 89.0 cm³/mol. The molecule has 1 aromatic rings. The van der Waals surface area contributed by atoms with Crippen molar-refractivity contribution in [2.45, 2.75) is 39.7 Å². The van der Waals surface area contributed by atoms with Gasteiger partial charge >= 0.3 is 6.61 Å². The first kappa shape index (κ1) is 18.1. The maximum atomic E-state index is 12.7. The number of ketones is 1. The van der Waals surface area contributed by atoms with Gasteiger partial charge in [0.25, 0.3) is 0 Å². The van der Waals surface area contributed by atoms with Crippen molar-refractivity contribution < 1.29 is 26.7 Å². The van der Waals surface area contributed by atoms with E-state index in [1.165, 1.54) is 24.3 Å². The second kappa shape index (κ2) is 5.93. The number of hydrogen-bond donors (Lipinski definition) is 1. The molecule has 0 aliphatic heterocycles. The van der Waals surface area contributed by atoms with E-state index in [9.17, 15) is 22.0 Å². The monoisotopic (exact) mass is 373 g/mol. The number of carbonyl (C=O) groups excluding carboxylic acids is 1. The molecule has 0 heterocycles. The van der Waals surface area contributed by atoms with Crippen LogP contribution in [0, 0.1) is 16.7 Å². The maximum absolute atomic E-state index is 12.7. The van der Waals surface area contributed by atoms with Crippen molar-refractivity contribution in [1.82, 2.24) is 0 Å². The molecule has 0 radical (unpaired) electrons. The van der Waals surface area contributed by atoms with Crippen molar-refractivity contribution in [2.24, 2.45) is 16.7 Å². The number of nitrogens with one attached hydrogen (secondary N) is 1. The summed E-state index contributed by atoms with van der Waals surface area (Å²) in [5, 5.41) is 0. The smallest absolute Gasteiger partial charge is 0.387 e. The van der Waals surface area contributed by atoms with Gasteiger partial charge in [-0.15, -0.1) is 0 Å². The van der Waals surface area contributed by atoms with Gasteiger partial charge < -0.3 is 4.74 Å². The van der Waals surface area contributed by atoms with Crippen LogP contribution >= 0.6 is 0 Å². The number of anilines is 1. The molecule has 2 saturated carbocycles. The average molecular weight is 373 g/mol. The van der Waals surface area contributed by atoms with Gasteiger partial charge in [0.2, 0.25) is 10.0 Å². The molecule has 0 spiro atoms. The van der Waals surface area contributed by atoms with Crippen molar-refractivity contribution in [2.75, 3.05) is 10.5 Å². The summed E-state index contributed by atoms with van der Waals surface area (Å²) in [5.41, 5.74) is -1.36. The molecule has 0 aromatic heterocycles. The van der Waals surface area contributed by atoms with E-state index in [2.05, 4.69) is 9.46 Å². The second-order valence-corrected chi connectivity index (χ2v) is 9.12. The molecular formula is C17H21F2NO4S. The van der Waals surface area contributed by atoms with Gasteiger partial charge in [0, 0.05) is 6.42 Å². The maximum Gasteiger partial charge on any atom is 0.387 e. The van der Waals surface area contributed by atoms with Crippen LogP contribution < -0.4 is 9.46 Å². The molecule has 5 nitrogen and oxygen atoms in total. The summed E-state index contributed by atoms with van der Waals surface area (Å²) in [6, 6.07) is 5.61. The molecule has 25 heavy (non-hydrogen) atoms. The summed E-state index contributed by atoms with van der Waals surface area (Å²) in [6.07, 6.45) is 1.78. The van der Waals surface area contributed by atoms with Gasteiger partial charge in [0.1, 0.15) is 11.5 Å². The van der Waals surface area contributed by atoms with Crippen LogP contribution in [-0.4, -0.2) is 26.6 Å². The number of benzene rings is 1. The lowest BCUT2D eigenvalue weighted by Crippen LogP contribution is -2.43. The summed E-state index contributed by atoms with van der Waals surface area (Å²) in [5.74, 6) is -0.411. The van der Waals surface area contributed by atoms with E-state index in [1.807, 2.05) is 13.8 Å². The third-order valence-electron chi connectivity index (χ3n) is 5.94. The molecule has 0 saturated heterocycles. The largest absolute Gasteiger partial charge is 0.433 e. The van der Waals surface area contributed by atoms with Crippen molar-refractivity contribution >= 4 is 21.5 Å². The van der Waals surface area contributed by atoms with Gasteiger partial charge in [-0.3, -0.25) is 9.52 Å². The van der Waals surface area contributed by atoms with E-state index in [0.29, 0.717) is 12.8 Å². The molecule has 2 fully saturated rings. The molecule has 8 heteroatoms. The first-order valence-electron chi connectivity index (χ1n) is 8.15. The van der Waals surface area contributed by atoms with E-state index in [1.54, 1.807) is 0 Å². The van der Waals surface area contributed by atoms with Crippen LogP contribution in [0.5, 0.6) is 5.75 Å². The zero-order chi connectivity index (χ0) is 18.5. The Morgan fingerprint density at radius 3 is 2.56 bits per heavy atom. The molecule has 138 valence electrons. The van der Waals surface area contributed by atoms with E-state index in [0.717, 1.165) is 6.42 Å². The molecule has 2 bridgehead atoms. The number of hydrogen-bond acceptors (Lipinski definition) is 4. The van der Waals surface area contributed by atoms with E-state index in [4.69, 9.17) is 0 Å². The van der Waals surface area contributed by atoms with Gasteiger partial charge in [-0.1, -0.05) is 26.0 Å². The summed E-state index contributed by atoms with van der Waals surface area (Å²) >= 11 is 0. The summed E-state index contributed by atoms with van der Waals surface area (Å²) in [4.78, 5) is 12.5. The Balaban J connectivity index is 1.86. The molecule has 2 aliphatic rings. The van der Waals surface area contributed by atoms with Crippen molar-refractivity contribution in [3.05, 3.63) is 24.3 Å². The molecule has 0 unspecified atom stereocenters. The standard InChI is InChI=1S/C17H21F2NO4S/c1-16(2)11-7-8-17(16,14(21)9-11)10-25(22,23)20-12-5-3-4-6-13(12)24-15(18)19/h3-6,11,15,20H,7-10H2,1-2H3/t11-,17-/m1/s1. The van der Waals surface area contributed by atoms with Crippen LogP contribution in [0.3, 0.4) is 0 Å². The number of sulfonamides is 1. The highest BCUT2D eigenvalue weighted by molar-refractivity contribution is 7.92. The van der Waals surface area contributed by atoms with E-state index in [-0.39, 0.29) is 28.9 Å². The summed E-state index contributed by atoms with van der Waals surface area (Å²) in [6.45, 7) is 0.827. The molecule has 2 atom stereocenters. The SMILES string of the molecule is CC1(C)[C@@H]2CC[C@@]1(CS(=O)(=O)Nc1ccccc1OC(F)F)C(=O)C2. The second-order valence-electron chi connectivity index (χ2n) is 7.40. The lowest BCUT2D eigenvalue weighted by molar-refractivity contribution is -0.128. The van der Waals surface area contributed by atoms with Crippen LogP contribution in [0.25, 0.3) is 0 Å². The zero-order valence-corrected chi connectivity index (χ0v) is 14.9.